The molecule has 2 heterocycles. The summed E-state index contributed by atoms with van der Waals surface area (Å²) >= 11 is 6.22. The first-order valence-corrected chi connectivity index (χ1v) is 7.77. The van der Waals surface area contributed by atoms with Gasteiger partial charge in [0.1, 0.15) is 6.29 Å². The molecule has 0 spiro atoms. The molecular formula is C16H18BClN2O3. The number of benzene rings is 1. The third-order valence-electron chi connectivity index (χ3n) is 4.48. The highest BCUT2D eigenvalue weighted by molar-refractivity contribution is 6.62. The van der Waals surface area contributed by atoms with E-state index in [9.17, 15) is 4.79 Å². The van der Waals surface area contributed by atoms with Crippen LogP contribution < -0.4 is 5.46 Å². The summed E-state index contributed by atoms with van der Waals surface area (Å²) in [6.45, 7) is 8.03. The van der Waals surface area contributed by atoms with Gasteiger partial charge in [0.05, 0.1) is 21.9 Å². The smallest absolute Gasteiger partial charge is 0.399 e. The quantitative estimate of drug-likeness (QED) is 0.640. The molecule has 0 radical (unpaired) electrons. The molecule has 5 nitrogen and oxygen atoms in total. The van der Waals surface area contributed by atoms with Crippen LogP contribution in [-0.2, 0) is 9.31 Å². The van der Waals surface area contributed by atoms with Crippen LogP contribution in [0.15, 0.2) is 30.6 Å². The van der Waals surface area contributed by atoms with Gasteiger partial charge in [0, 0.05) is 23.4 Å². The summed E-state index contributed by atoms with van der Waals surface area (Å²) in [6.07, 6.45) is 4.28. The molecule has 1 aromatic heterocycles. The summed E-state index contributed by atoms with van der Waals surface area (Å²) in [7, 11) is -0.471. The van der Waals surface area contributed by atoms with E-state index >= 15 is 0 Å². The molecule has 0 saturated carbocycles. The van der Waals surface area contributed by atoms with Gasteiger partial charge in [-0.2, -0.15) is 5.10 Å². The lowest BCUT2D eigenvalue weighted by Gasteiger charge is -2.32. The van der Waals surface area contributed by atoms with Crippen molar-refractivity contribution in [1.82, 2.24) is 9.78 Å². The number of carbonyl (C=O) groups is 1. The number of nitrogens with zero attached hydrogens (tertiary/aromatic N) is 2. The molecule has 0 amide bonds. The molecule has 2 aromatic rings. The predicted molar refractivity (Wildman–Crippen MR) is 89.7 cm³/mol. The lowest BCUT2D eigenvalue weighted by Crippen LogP contribution is -2.41. The second-order valence-corrected chi connectivity index (χ2v) is 7.04. The molecule has 1 aromatic carbocycles. The molecule has 1 fully saturated rings. The van der Waals surface area contributed by atoms with Gasteiger partial charge in [-0.25, -0.2) is 4.68 Å². The standard InChI is InChI=1S/C16H18BClN2O3/c1-15(2)16(3,4)23-17(22-15)12-8-19-20(9-12)14-6-5-11(10-21)7-13(14)18/h5-10H,1-4H3. The van der Waals surface area contributed by atoms with Gasteiger partial charge in [0.15, 0.2) is 0 Å². The summed E-state index contributed by atoms with van der Waals surface area (Å²) in [5, 5.41) is 4.78. The number of aldehydes is 1. The highest BCUT2D eigenvalue weighted by atomic mass is 35.5. The molecule has 0 aliphatic carbocycles. The average molecular weight is 333 g/mol. The highest BCUT2D eigenvalue weighted by Gasteiger charge is 2.52. The van der Waals surface area contributed by atoms with E-state index in [1.165, 1.54) is 0 Å². The van der Waals surface area contributed by atoms with E-state index in [1.807, 2.05) is 33.9 Å². The number of halogens is 1. The molecule has 23 heavy (non-hydrogen) atoms. The van der Waals surface area contributed by atoms with E-state index in [1.54, 1.807) is 29.1 Å². The largest absolute Gasteiger partial charge is 0.498 e. The summed E-state index contributed by atoms with van der Waals surface area (Å²) in [5.74, 6) is 0. The van der Waals surface area contributed by atoms with E-state index in [0.29, 0.717) is 16.3 Å². The number of rotatable bonds is 3. The molecule has 1 aliphatic rings. The van der Waals surface area contributed by atoms with Crippen LogP contribution in [0.25, 0.3) is 5.69 Å². The van der Waals surface area contributed by atoms with Crippen molar-refractivity contribution in [3.63, 3.8) is 0 Å². The first-order chi connectivity index (χ1) is 10.7. The highest BCUT2D eigenvalue weighted by Crippen LogP contribution is 2.36. The first-order valence-electron chi connectivity index (χ1n) is 7.39. The Morgan fingerprint density at radius 3 is 2.43 bits per heavy atom. The van der Waals surface area contributed by atoms with Crippen LogP contribution in [-0.4, -0.2) is 34.4 Å². The Labute approximate surface area is 140 Å². The first kappa shape index (κ1) is 16.2. The maximum atomic E-state index is 10.8. The molecule has 1 aliphatic heterocycles. The van der Waals surface area contributed by atoms with E-state index < -0.39 is 18.3 Å². The van der Waals surface area contributed by atoms with Gasteiger partial charge in [-0.05, 0) is 45.9 Å². The fourth-order valence-electron chi connectivity index (χ4n) is 2.35. The Bertz CT molecular complexity index is 742. The Balaban J connectivity index is 1.89. The summed E-state index contributed by atoms with van der Waals surface area (Å²) in [4.78, 5) is 10.8. The van der Waals surface area contributed by atoms with Crippen molar-refractivity contribution in [2.75, 3.05) is 0 Å². The molecule has 0 unspecified atom stereocenters. The summed E-state index contributed by atoms with van der Waals surface area (Å²) in [5.41, 5.74) is 1.24. The van der Waals surface area contributed by atoms with Crippen LogP contribution in [0, 0.1) is 0 Å². The number of hydrogen-bond donors (Lipinski definition) is 0. The Hall–Kier alpha value is -1.63. The maximum Gasteiger partial charge on any atom is 0.498 e. The monoisotopic (exact) mass is 332 g/mol. The Morgan fingerprint density at radius 1 is 1.22 bits per heavy atom. The van der Waals surface area contributed by atoms with E-state index in [-0.39, 0.29) is 0 Å². The van der Waals surface area contributed by atoms with Crippen LogP contribution in [0.3, 0.4) is 0 Å². The van der Waals surface area contributed by atoms with Gasteiger partial charge >= 0.3 is 7.12 Å². The molecule has 0 N–H and O–H groups in total. The lowest BCUT2D eigenvalue weighted by molar-refractivity contribution is 0.00578. The van der Waals surface area contributed by atoms with Gasteiger partial charge < -0.3 is 9.31 Å². The van der Waals surface area contributed by atoms with E-state index in [0.717, 1.165) is 11.7 Å². The summed E-state index contributed by atoms with van der Waals surface area (Å²) in [6, 6.07) is 5.07. The second kappa shape index (κ2) is 5.48. The lowest BCUT2D eigenvalue weighted by atomic mass is 9.82. The molecule has 120 valence electrons. The number of hydrogen-bond acceptors (Lipinski definition) is 4. The van der Waals surface area contributed by atoms with Crippen LogP contribution >= 0.6 is 11.6 Å². The third kappa shape index (κ3) is 2.82. The normalized spacial score (nSPS) is 19.1. The number of aromatic nitrogens is 2. The van der Waals surface area contributed by atoms with Gasteiger partial charge in [-0.1, -0.05) is 11.6 Å². The topological polar surface area (TPSA) is 53.4 Å². The second-order valence-electron chi connectivity index (χ2n) is 6.64. The van der Waals surface area contributed by atoms with Gasteiger partial charge in [0.25, 0.3) is 0 Å². The molecule has 0 atom stereocenters. The van der Waals surface area contributed by atoms with Crippen molar-refractivity contribution in [3.05, 3.63) is 41.2 Å². The van der Waals surface area contributed by atoms with Crippen LogP contribution in [0.5, 0.6) is 0 Å². The van der Waals surface area contributed by atoms with Crippen molar-refractivity contribution in [2.45, 2.75) is 38.9 Å². The van der Waals surface area contributed by atoms with Crippen LogP contribution in [0.2, 0.25) is 5.02 Å². The van der Waals surface area contributed by atoms with Gasteiger partial charge in [0.2, 0.25) is 0 Å². The van der Waals surface area contributed by atoms with Crippen LogP contribution in [0.4, 0.5) is 0 Å². The SMILES string of the molecule is CC1(C)OB(c2cnn(-c3ccc(C=O)cc3Cl)c2)OC1(C)C. The Kier molecular flexibility index (Phi) is 3.87. The zero-order chi connectivity index (χ0) is 16.8. The van der Waals surface area contributed by atoms with Gasteiger partial charge in [-0.15, -0.1) is 0 Å². The molecular weight excluding hydrogens is 314 g/mol. The van der Waals surface area contributed by atoms with Crippen molar-refractivity contribution in [3.8, 4) is 5.69 Å². The molecule has 0 bridgehead atoms. The fourth-order valence-corrected chi connectivity index (χ4v) is 2.63. The predicted octanol–water partition coefficient (Wildman–Crippen LogP) is 2.64. The minimum atomic E-state index is -0.471. The zero-order valence-corrected chi connectivity index (χ0v) is 14.3. The Morgan fingerprint density at radius 2 is 1.87 bits per heavy atom. The van der Waals surface area contributed by atoms with Crippen molar-refractivity contribution in [1.29, 1.82) is 0 Å². The van der Waals surface area contributed by atoms with Crippen molar-refractivity contribution < 1.29 is 14.1 Å². The average Bonchev–Trinajstić information content (AvgIpc) is 3.02. The third-order valence-corrected chi connectivity index (χ3v) is 4.79. The van der Waals surface area contributed by atoms with Crippen LogP contribution in [0.1, 0.15) is 38.1 Å². The molecule has 1 saturated heterocycles. The van der Waals surface area contributed by atoms with Crippen molar-refractivity contribution in [2.24, 2.45) is 0 Å². The fraction of sp³-hybridized carbons (Fsp3) is 0.375. The minimum absolute atomic E-state index is 0.400. The molecule has 7 heteroatoms. The maximum absolute atomic E-state index is 10.8. The minimum Gasteiger partial charge on any atom is -0.399 e. The van der Waals surface area contributed by atoms with Gasteiger partial charge in [-0.3, -0.25) is 4.79 Å². The summed E-state index contributed by atoms with van der Waals surface area (Å²) < 4.78 is 13.7. The number of carbonyl (C=O) groups excluding carboxylic acids is 1. The van der Waals surface area contributed by atoms with Crippen molar-refractivity contribution >= 4 is 30.5 Å². The molecule has 3 rings (SSSR count). The van der Waals surface area contributed by atoms with E-state index in [2.05, 4.69) is 5.10 Å². The van der Waals surface area contributed by atoms with E-state index in [4.69, 9.17) is 20.9 Å². The zero-order valence-electron chi connectivity index (χ0n) is 13.5.